The predicted octanol–water partition coefficient (Wildman–Crippen LogP) is 3.01. The smallest absolute Gasteiger partial charge is 0.325 e. The number of benzene rings is 2. The third-order valence-electron chi connectivity index (χ3n) is 4.93. The highest BCUT2D eigenvalue weighted by Crippen LogP contribution is 2.40. The van der Waals surface area contributed by atoms with Crippen LogP contribution in [0.4, 0.5) is 10.5 Å². The van der Waals surface area contributed by atoms with E-state index in [9.17, 15) is 14.4 Å². The molecule has 1 atom stereocenters. The Kier molecular flexibility index (Phi) is 4.80. The van der Waals surface area contributed by atoms with E-state index in [2.05, 4.69) is 26.6 Å². The molecule has 1 spiro atoms. The summed E-state index contributed by atoms with van der Waals surface area (Å²) >= 11 is 3.35. The first-order valence-electron chi connectivity index (χ1n) is 8.91. The number of ether oxygens (including phenoxy) is 1. The Labute approximate surface area is 170 Å². The lowest BCUT2D eigenvalue weighted by Gasteiger charge is -2.33. The first-order chi connectivity index (χ1) is 13.5. The number of para-hydroxylation sites is 1. The lowest BCUT2D eigenvalue weighted by Crippen LogP contribution is -2.47. The maximum atomic E-state index is 13.1. The molecule has 2 aromatic rings. The van der Waals surface area contributed by atoms with Crippen LogP contribution < -0.4 is 15.4 Å². The van der Waals surface area contributed by atoms with Gasteiger partial charge in [0.15, 0.2) is 5.54 Å². The van der Waals surface area contributed by atoms with Gasteiger partial charge in [0, 0.05) is 35.1 Å². The number of halogens is 1. The van der Waals surface area contributed by atoms with Crippen LogP contribution >= 0.6 is 15.9 Å². The Morgan fingerprint density at radius 2 is 2.04 bits per heavy atom. The van der Waals surface area contributed by atoms with Gasteiger partial charge in [0.2, 0.25) is 5.91 Å². The van der Waals surface area contributed by atoms with Crippen molar-refractivity contribution >= 4 is 39.5 Å². The molecular formula is C20H18BrN3O4. The number of nitrogens with one attached hydrogen (secondary N) is 2. The molecule has 2 N–H and O–H groups in total. The fraction of sp³-hybridized carbons (Fsp3) is 0.250. The van der Waals surface area contributed by atoms with Crippen LogP contribution in [0.2, 0.25) is 0 Å². The minimum atomic E-state index is -1.12. The summed E-state index contributed by atoms with van der Waals surface area (Å²) in [5.74, 6) is -0.0211. The number of rotatable bonds is 4. The van der Waals surface area contributed by atoms with E-state index in [-0.39, 0.29) is 24.8 Å². The Bertz CT molecular complexity index is 964. The van der Waals surface area contributed by atoms with Crippen molar-refractivity contribution in [1.29, 1.82) is 0 Å². The summed E-state index contributed by atoms with van der Waals surface area (Å²) in [4.78, 5) is 39.0. The van der Waals surface area contributed by atoms with Crippen LogP contribution in [0.25, 0.3) is 0 Å². The van der Waals surface area contributed by atoms with Gasteiger partial charge >= 0.3 is 6.03 Å². The third kappa shape index (κ3) is 3.24. The average Bonchev–Trinajstić information content (AvgIpc) is 2.91. The van der Waals surface area contributed by atoms with Crippen molar-refractivity contribution < 1.29 is 19.1 Å². The predicted molar refractivity (Wildman–Crippen MR) is 106 cm³/mol. The molecule has 8 heteroatoms. The van der Waals surface area contributed by atoms with E-state index in [0.717, 1.165) is 9.37 Å². The molecule has 0 radical (unpaired) electrons. The van der Waals surface area contributed by atoms with Crippen LogP contribution in [0.5, 0.6) is 5.75 Å². The zero-order chi connectivity index (χ0) is 19.7. The fourth-order valence-corrected chi connectivity index (χ4v) is 3.98. The van der Waals surface area contributed by atoms with Gasteiger partial charge in [0.05, 0.1) is 6.61 Å². The topological polar surface area (TPSA) is 87.7 Å². The molecule has 144 valence electrons. The molecule has 7 nitrogen and oxygen atoms in total. The van der Waals surface area contributed by atoms with Gasteiger partial charge in [-0.3, -0.25) is 14.5 Å². The Hall–Kier alpha value is -2.87. The SMILES string of the molecule is O=C(CCN1C(=O)N[C@]2(CCOc3ccccc32)C1=O)Nc1cccc(Br)c1. The van der Waals surface area contributed by atoms with Crippen LogP contribution in [0, 0.1) is 0 Å². The second kappa shape index (κ2) is 7.27. The van der Waals surface area contributed by atoms with Crippen molar-refractivity contribution in [3.63, 3.8) is 0 Å². The lowest BCUT2D eigenvalue weighted by atomic mass is 9.84. The molecule has 28 heavy (non-hydrogen) atoms. The Morgan fingerprint density at radius 3 is 2.86 bits per heavy atom. The first kappa shape index (κ1) is 18.5. The quantitative estimate of drug-likeness (QED) is 0.710. The third-order valence-corrected chi connectivity index (χ3v) is 5.42. The molecule has 0 aliphatic carbocycles. The molecule has 0 unspecified atom stereocenters. The molecule has 1 saturated heterocycles. The molecule has 1 fully saturated rings. The summed E-state index contributed by atoms with van der Waals surface area (Å²) < 4.78 is 6.46. The van der Waals surface area contributed by atoms with Crippen LogP contribution in [-0.2, 0) is 15.1 Å². The van der Waals surface area contributed by atoms with Crippen molar-refractivity contribution in [1.82, 2.24) is 10.2 Å². The Morgan fingerprint density at radius 1 is 1.21 bits per heavy atom. The number of fused-ring (bicyclic) bond motifs is 2. The van der Waals surface area contributed by atoms with Gasteiger partial charge in [-0.1, -0.05) is 40.2 Å². The number of hydrogen-bond donors (Lipinski definition) is 2. The summed E-state index contributed by atoms with van der Waals surface area (Å²) in [6, 6.07) is 13.9. The first-order valence-corrected chi connectivity index (χ1v) is 9.71. The Balaban J connectivity index is 1.46. The van der Waals surface area contributed by atoms with Crippen molar-refractivity contribution in [2.45, 2.75) is 18.4 Å². The highest BCUT2D eigenvalue weighted by molar-refractivity contribution is 9.10. The van der Waals surface area contributed by atoms with E-state index in [1.54, 1.807) is 24.3 Å². The van der Waals surface area contributed by atoms with Gasteiger partial charge in [0.25, 0.3) is 5.91 Å². The standard InChI is InChI=1S/C20H18BrN3O4/c21-13-4-3-5-14(12-13)22-17(25)8-10-24-18(26)20(23-19(24)27)9-11-28-16-7-2-1-6-15(16)20/h1-7,12H,8-11H2,(H,22,25)(H,23,27)/t20-/m0/s1. The fourth-order valence-electron chi connectivity index (χ4n) is 3.58. The minimum absolute atomic E-state index is 0.00920. The number of carbonyl (C=O) groups excluding carboxylic acids is 3. The van der Waals surface area contributed by atoms with Gasteiger partial charge in [-0.2, -0.15) is 0 Å². The second-order valence-electron chi connectivity index (χ2n) is 6.70. The van der Waals surface area contributed by atoms with Crippen molar-refractivity contribution in [3.8, 4) is 5.75 Å². The molecule has 2 aromatic carbocycles. The molecule has 0 bridgehead atoms. The molecule has 2 heterocycles. The van der Waals surface area contributed by atoms with Crippen molar-refractivity contribution in [3.05, 3.63) is 58.6 Å². The summed E-state index contributed by atoms with van der Waals surface area (Å²) in [6.45, 7) is 0.343. The largest absolute Gasteiger partial charge is 0.493 e. The molecule has 4 rings (SSSR count). The summed E-state index contributed by atoms with van der Waals surface area (Å²) in [7, 11) is 0. The second-order valence-corrected chi connectivity index (χ2v) is 7.61. The number of amides is 4. The van der Waals surface area contributed by atoms with E-state index in [1.165, 1.54) is 0 Å². The van der Waals surface area contributed by atoms with E-state index in [1.807, 2.05) is 24.3 Å². The van der Waals surface area contributed by atoms with E-state index < -0.39 is 11.6 Å². The van der Waals surface area contributed by atoms with Gasteiger partial charge in [-0.15, -0.1) is 0 Å². The van der Waals surface area contributed by atoms with Crippen LogP contribution in [0.3, 0.4) is 0 Å². The summed E-state index contributed by atoms with van der Waals surface area (Å²) in [5, 5.41) is 5.59. The summed E-state index contributed by atoms with van der Waals surface area (Å²) in [6.07, 6.45) is 0.370. The van der Waals surface area contributed by atoms with Crippen LogP contribution in [0.15, 0.2) is 53.0 Å². The summed E-state index contributed by atoms with van der Waals surface area (Å²) in [5.41, 5.74) is 0.180. The van der Waals surface area contributed by atoms with E-state index in [4.69, 9.17) is 4.74 Å². The monoisotopic (exact) mass is 443 g/mol. The number of carbonyl (C=O) groups is 3. The van der Waals surface area contributed by atoms with E-state index in [0.29, 0.717) is 30.0 Å². The molecule has 0 aromatic heterocycles. The highest BCUT2D eigenvalue weighted by Gasteiger charge is 2.54. The van der Waals surface area contributed by atoms with Gasteiger partial charge in [-0.05, 0) is 24.3 Å². The minimum Gasteiger partial charge on any atom is -0.493 e. The van der Waals surface area contributed by atoms with Crippen molar-refractivity contribution in [2.24, 2.45) is 0 Å². The molecule has 2 aliphatic heterocycles. The lowest BCUT2D eigenvalue weighted by molar-refractivity contribution is -0.132. The number of nitrogens with zero attached hydrogens (tertiary/aromatic N) is 1. The maximum Gasteiger partial charge on any atom is 0.325 e. The van der Waals surface area contributed by atoms with Crippen molar-refractivity contribution in [2.75, 3.05) is 18.5 Å². The van der Waals surface area contributed by atoms with Crippen LogP contribution in [0.1, 0.15) is 18.4 Å². The molecule has 4 amide bonds. The number of hydrogen-bond acceptors (Lipinski definition) is 4. The maximum absolute atomic E-state index is 13.1. The number of urea groups is 1. The number of imide groups is 1. The number of anilines is 1. The zero-order valence-electron chi connectivity index (χ0n) is 14.9. The molecule has 0 saturated carbocycles. The van der Waals surface area contributed by atoms with Gasteiger partial charge < -0.3 is 15.4 Å². The zero-order valence-corrected chi connectivity index (χ0v) is 16.5. The van der Waals surface area contributed by atoms with Gasteiger partial charge in [-0.25, -0.2) is 4.79 Å². The molecule has 2 aliphatic rings. The highest BCUT2D eigenvalue weighted by atomic mass is 79.9. The molecular weight excluding hydrogens is 426 g/mol. The average molecular weight is 444 g/mol. The van der Waals surface area contributed by atoms with Crippen LogP contribution in [-0.4, -0.2) is 35.9 Å². The van der Waals surface area contributed by atoms with E-state index >= 15 is 0 Å². The van der Waals surface area contributed by atoms with Gasteiger partial charge in [0.1, 0.15) is 5.75 Å². The normalized spacial score (nSPS) is 20.5.